The van der Waals surface area contributed by atoms with Crippen molar-refractivity contribution in [2.45, 2.75) is 19.4 Å². The quantitative estimate of drug-likeness (QED) is 0.276. The minimum absolute atomic E-state index is 0.127. The number of aliphatic hydroxyl groups is 1. The molecular weight excluding hydrogens is 390 g/mol. The average molecular weight is 415 g/mol. The van der Waals surface area contributed by atoms with Crippen LogP contribution in [0.1, 0.15) is 29.2 Å². The largest absolute Gasteiger partial charge is 0.507 e. The van der Waals surface area contributed by atoms with E-state index in [2.05, 4.69) is 0 Å². The Balaban J connectivity index is 1.91. The van der Waals surface area contributed by atoms with Gasteiger partial charge in [0.25, 0.3) is 11.7 Å². The van der Waals surface area contributed by atoms with Gasteiger partial charge < -0.3 is 14.7 Å². The van der Waals surface area contributed by atoms with Crippen LogP contribution in [0.3, 0.4) is 0 Å². The van der Waals surface area contributed by atoms with Gasteiger partial charge in [-0.2, -0.15) is 0 Å². The number of aryl methyl sites for hydroxylation is 1. The first-order chi connectivity index (χ1) is 15.0. The number of carbonyl (C=O) groups is 2. The molecule has 4 rings (SSSR count). The third kappa shape index (κ3) is 3.84. The molecule has 1 saturated heterocycles. The first kappa shape index (κ1) is 20.8. The second kappa shape index (κ2) is 8.74. The Kier molecular flexibility index (Phi) is 5.87. The van der Waals surface area contributed by atoms with Crippen LogP contribution in [0.4, 0.5) is 0 Å². The minimum atomic E-state index is -0.663. The molecule has 0 spiro atoms. The average Bonchev–Trinajstić information content (AvgIpc) is 3.04. The van der Waals surface area contributed by atoms with Crippen molar-refractivity contribution >= 4 is 28.2 Å². The van der Waals surface area contributed by atoms with Crippen LogP contribution >= 0.6 is 0 Å². The molecule has 0 bridgehead atoms. The van der Waals surface area contributed by atoms with Crippen LogP contribution in [0.5, 0.6) is 0 Å². The van der Waals surface area contributed by atoms with E-state index in [1.165, 1.54) is 0 Å². The normalized spacial score (nSPS) is 18.1. The smallest absolute Gasteiger partial charge is 0.295 e. The van der Waals surface area contributed by atoms with Crippen molar-refractivity contribution in [1.29, 1.82) is 0 Å². The van der Waals surface area contributed by atoms with Crippen LogP contribution in [0, 0.1) is 6.92 Å². The number of methoxy groups -OCH3 is 1. The molecule has 1 atom stereocenters. The Bertz CT molecular complexity index is 1160. The Morgan fingerprint density at radius 2 is 1.71 bits per heavy atom. The number of amides is 1. The summed E-state index contributed by atoms with van der Waals surface area (Å²) in [6.45, 7) is 2.79. The number of hydrogen-bond donors (Lipinski definition) is 1. The third-order valence-electron chi connectivity index (χ3n) is 5.73. The van der Waals surface area contributed by atoms with E-state index in [-0.39, 0.29) is 11.3 Å². The zero-order chi connectivity index (χ0) is 22.0. The number of carbonyl (C=O) groups excluding carboxylic acids is 2. The molecular formula is C26H25NO4. The number of benzene rings is 3. The first-order valence-corrected chi connectivity index (χ1v) is 10.3. The molecule has 0 aliphatic carbocycles. The fourth-order valence-electron chi connectivity index (χ4n) is 4.17. The Morgan fingerprint density at radius 1 is 1.00 bits per heavy atom. The summed E-state index contributed by atoms with van der Waals surface area (Å²) in [5, 5.41) is 13.1. The molecule has 31 heavy (non-hydrogen) atoms. The highest BCUT2D eigenvalue weighted by Gasteiger charge is 2.46. The maximum Gasteiger partial charge on any atom is 0.295 e. The molecule has 1 aliphatic heterocycles. The summed E-state index contributed by atoms with van der Waals surface area (Å²) in [7, 11) is 1.60. The predicted octanol–water partition coefficient (Wildman–Crippen LogP) is 4.61. The standard InChI is InChI=1S/C26H25NO4/c1-17-11-13-19(14-12-17)24(28)22-23(27(15-6-16-31-2)26(30)25(22)29)21-10-5-8-18-7-3-4-9-20(18)21/h3-5,7-14,23,28H,6,15-16H2,1-2H3/b24-22+/t23-/m0/s1. The highest BCUT2D eigenvalue weighted by Crippen LogP contribution is 2.41. The SMILES string of the molecule is COCCCN1C(=O)C(=O)/C(=C(/O)c2ccc(C)cc2)[C@@H]1c1cccc2ccccc12. The number of ketones is 1. The van der Waals surface area contributed by atoms with Crippen molar-refractivity contribution in [3.63, 3.8) is 0 Å². The first-order valence-electron chi connectivity index (χ1n) is 10.3. The molecule has 0 saturated carbocycles. The van der Waals surface area contributed by atoms with Crippen molar-refractivity contribution < 1.29 is 19.4 Å². The van der Waals surface area contributed by atoms with Gasteiger partial charge >= 0.3 is 0 Å². The second-order valence-electron chi connectivity index (χ2n) is 7.77. The number of likely N-dealkylation sites (tertiary alicyclic amines) is 1. The lowest BCUT2D eigenvalue weighted by Gasteiger charge is -2.26. The van der Waals surface area contributed by atoms with Crippen LogP contribution in [0.15, 0.2) is 72.3 Å². The number of rotatable bonds is 6. The summed E-state index contributed by atoms with van der Waals surface area (Å²) >= 11 is 0. The Hall–Kier alpha value is -3.44. The van der Waals surface area contributed by atoms with Crippen LogP contribution < -0.4 is 0 Å². The molecule has 1 aliphatic rings. The van der Waals surface area contributed by atoms with E-state index in [0.29, 0.717) is 25.1 Å². The number of aliphatic hydroxyl groups excluding tert-OH is 1. The highest BCUT2D eigenvalue weighted by atomic mass is 16.5. The highest BCUT2D eigenvalue weighted by molar-refractivity contribution is 6.46. The van der Waals surface area contributed by atoms with Gasteiger partial charge in [0.2, 0.25) is 0 Å². The van der Waals surface area contributed by atoms with E-state index in [9.17, 15) is 14.7 Å². The van der Waals surface area contributed by atoms with Gasteiger partial charge in [-0.1, -0.05) is 72.3 Å². The molecule has 1 heterocycles. The number of ether oxygens (including phenoxy) is 1. The Morgan fingerprint density at radius 3 is 2.45 bits per heavy atom. The van der Waals surface area contributed by atoms with Gasteiger partial charge in [-0.15, -0.1) is 0 Å². The van der Waals surface area contributed by atoms with E-state index >= 15 is 0 Å². The molecule has 1 fully saturated rings. The van der Waals surface area contributed by atoms with Crippen molar-refractivity contribution in [1.82, 2.24) is 4.90 Å². The van der Waals surface area contributed by atoms with E-state index < -0.39 is 17.7 Å². The maximum atomic E-state index is 13.1. The molecule has 158 valence electrons. The summed E-state index contributed by atoms with van der Waals surface area (Å²) < 4.78 is 5.15. The molecule has 1 N–H and O–H groups in total. The Labute approximate surface area is 181 Å². The van der Waals surface area contributed by atoms with Crippen LogP contribution in [-0.2, 0) is 14.3 Å². The zero-order valence-electron chi connectivity index (χ0n) is 17.7. The molecule has 3 aromatic carbocycles. The lowest BCUT2D eigenvalue weighted by atomic mass is 9.91. The van der Waals surface area contributed by atoms with E-state index in [1.54, 1.807) is 24.1 Å². The molecule has 0 unspecified atom stereocenters. The monoisotopic (exact) mass is 415 g/mol. The summed E-state index contributed by atoms with van der Waals surface area (Å²) in [5.74, 6) is -1.40. The van der Waals surface area contributed by atoms with E-state index in [1.807, 2.05) is 61.5 Å². The van der Waals surface area contributed by atoms with Gasteiger partial charge in [-0.25, -0.2) is 0 Å². The molecule has 1 amide bonds. The molecule has 3 aromatic rings. The van der Waals surface area contributed by atoms with Crippen molar-refractivity contribution in [3.05, 3.63) is 89.0 Å². The summed E-state index contributed by atoms with van der Waals surface area (Å²) in [4.78, 5) is 27.7. The van der Waals surface area contributed by atoms with Crippen LogP contribution in [0.25, 0.3) is 16.5 Å². The van der Waals surface area contributed by atoms with Gasteiger partial charge in [-0.3, -0.25) is 9.59 Å². The number of Topliss-reactive ketones (excluding diaryl/α,β-unsaturated/α-hetero) is 1. The van der Waals surface area contributed by atoms with Crippen molar-refractivity contribution in [3.8, 4) is 0 Å². The van der Waals surface area contributed by atoms with E-state index in [4.69, 9.17) is 4.74 Å². The van der Waals surface area contributed by atoms with E-state index in [0.717, 1.165) is 21.9 Å². The minimum Gasteiger partial charge on any atom is -0.507 e. The van der Waals surface area contributed by atoms with Gasteiger partial charge in [0.1, 0.15) is 5.76 Å². The topological polar surface area (TPSA) is 66.8 Å². The van der Waals surface area contributed by atoms with Crippen LogP contribution in [0.2, 0.25) is 0 Å². The molecule has 5 heteroatoms. The fraction of sp³-hybridized carbons (Fsp3) is 0.231. The number of hydrogen-bond acceptors (Lipinski definition) is 4. The second-order valence-corrected chi connectivity index (χ2v) is 7.77. The number of nitrogens with zero attached hydrogens (tertiary/aromatic N) is 1. The lowest BCUT2D eigenvalue weighted by Crippen LogP contribution is -2.31. The third-order valence-corrected chi connectivity index (χ3v) is 5.73. The lowest BCUT2D eigenvalue weighted by molar-refractivity contribution is -0.140. The van der Waals surface area contributed by atoms with Gasteiger partial charge in [0, 0.05) is 25.8 Å². The molecule has 5 nitrogen and oxygen atoms in total. The van der Waals surface area contributed by atoms with Gasteiger partial charge in [0.05, 0.1) is 11.6 Å². The van der Waals surface area contributed by atoms with Gasteiger partial charge in [0.15, 0.2) is 0 Å². The van der Waals surface area contributed by atoms with Crippen molar-refractivity contribution in [2.24, 2.45) is 0 Å². The molecule has 0 aromatic heterocycles. The fourth-order valence-corrected chi connectivity index (χ4v) is 4.17. The number of fused-ring (bicyclic) bond motifs is 1. The van der Waals surface area contributed by atoms with Crippen LogP contribution in [-0.4, -0.2) is 42.0 Å². The summed E-state index contributed by atoms with van der Waals surface area (Å²) in [6, 6.07) is 20.3. The summed E-state index contributed by atoms with van der Waals surface area (Å²) in [5.41, 5.74) is 2.51. The maximum absolute atomic E-state index is 13.1. The summed E-state index contributed by atoms with van der Waals surface area (Å²) in [6.07, 6.45) is 0.593. The van der Waals surface area contributed by atoms with Gasteiger partial charge in [-0.05, 0) is 29.7 Å². The molecule has 0 radical (unpaired) electrons. The zero-order valence-corrected chi connectivity index (χ0v) is 17.7. The predicted molar refractivity (Wildman–Crippen MR) is 121 cm³/mol. The van der Waals surface area contributed by atoms with Crippen molar-refractivity contribution in [2.75, 3.05) is 20.3 Å².